The van der Waals surface area contributed by atoms with Crippen LogP contribution in [0.1, 0.15) is 18.5 Å². The number of para-hydroxylation sites is 2. The predicted octanol–water partition coefficient (Wildman–Crippen LogP) is 3.14. The fourth-order valence-electron chi connectivity index (χ4n) is 3.68. The van der Waals surface area contributed by atoms with E-state index in [2.05, 4.69) is 15.2 Å². The van der Waals surface area contributed by atoms with E-state index in [9.17, 15) is 14.0 Å². The van der Waals surface area contributed by atoms with E-state index >= 15 is 0 Å². The van der Waals surface area contributed by atoms with Gasteiger partial charge in [-0.2, -0.15) is 0 Å². The Morgan fingerprint density at radius 1 is 0.935 bits per heavy atom. The summed E-state index contributed by atoms with van der Waals surface area (Å²) in [6.45, 7) is 4.44. The van der Waals surface area contributed by atoms with E-state index in [1.807, 2.05) is 31.2 Å². The van der Waals surface area contributed by atoms with Crippen molar-refractivity contribution in [3.8, 4) is 0 Å². The highest BCUT2D eigenvalue weighted by Gasteiger charge is 2.23. The molecule has 1 aliphatic rings. The highest BCUT2D eigenvalue weighted by Crippen LogP contribution is 2.21. The number of benzene rings is 2. The Morgan fingerprint density at radius 3 is 2.26 bits per heavy atom. The minimum absolute atomic E-state index is 0.0461. The van der Waals surface area contributed by atoms with Crippen LogP contribution in [0.15, 0.2) is 48.5 Å². The number of hydrogen-bond acceptors (Lipinski definition) is 5. The first-order valence-electron chi connectivity index (χ1n) is 10.3. The van der Waals surface area contributed by atoms with Gasteiger partial charge in [-0.3, -0.25) is 9.59 Å². The van der Waals surface area contributed by atoms with Crippen molar-refractivity contribution in [2.75, 3.05) is 36.4 Å². The van der Waals surface area contributed by atoms with Crippen LogP contribution < -0.4 is 10.2 Å². The van der Waals surface area contributed by atoms with Gasteiger partial charge in [0.15, 0.2) is 5.82 Å². The Bertz CT molecular complexity index is 1090. The van der Waals surface area contributed by atoms with E-state index < -0.39 is 0 Å². The molecule has 2 heterocycles. The topological polar surface area (TPSA) is 78.4 Å². The van der Waals surface area contributed by atoms with Crippen molar-refractivity contribution in [1.29, 1.82) is 0 Å². The SMILES string of the molecule is Cc1nc2ccccc2nc1N1CCN(C(=O)CCC(=O)Nc2ccc(F)cc2)CC1. The molecule has 4 rings (SSSR count). The lowest BCUT2D eigenvalue weighted by atomic mass is 10.2. The smallest absolute Gasteiger partial charge is 0.224 e. The molecule has 0 spiro atoms. The molecule has 1 aliphatic heterocycles. The number of rotatable bonds is 5. The molecule has 2 aromatic carbocycles. The molecule has 0 saturated carbocycles. The molecule has 2 amide bonds. The Labute approximate surface area is 179 Å². The lowest BCUT2D eigenvalue weighted by Gasteiger charge is -2.36. The van der Waals surface area contributed by atoms with Crippen LogP contribution in [0.5, 0.6) is 0 Å². The van der Waals surface area contributed by atoms with Crippen molar-refractivity contribution >= 4 is 34.4 Å². The Morgan fingerprint density at radius 2 is 1.58 bits per heavy atom. The standard InChI is InChI=1S/C23H24FN5O2/c1-16-23(27-20-5-3-2-4-19(20)25-16)29-14-12-28(13-15-29)22(31)11-10-21(30)26-18-8-6-17(24)7-9-18/h2-9H,10-15H2,1H3,(H,26,30). The Hall–Kier alpha value is -3.55. The molecule has 8 heteroatoms. The lowest BCUT2D eigenvalue weighted by molar-refractivity contribution is -0.133. The lowest BCUT2D eigenvalue weighted by Crippen LogP contribution is -2.49. The van der Waals surface area contributed by atoms with Gasteiger partial charge in [0.2, 0.25) is 11.8 Å². The number of nitrogens with zero attached hydrogens (tertiary/aromatic N) is 4. The first kappa shape index (κ1) is 20.7. The van der Waals surface area contributed by atoms with Gasteiger partial charge >= 0.3 is 0 Å². The first-order chi connectivity index (χ1) is 15.0. The first-order valence-corrected chi connectivity index (χ1v) is 10.3. The summed E-state index contributed by atoms with van der Waals surface area (Å²) in [5, 5.41) is 2.68. The zero-order valence-electron chi connectivity index (χ0n) is 17.3. The number of carbonyl (C=O) groups excluding carboxylic acids is 2. The molecule has 0 atom stereocenters. The van der Waals surface area contributed by atoms with Crippen molar-refractivity contribution in [3.05, 3.63) is 60.0 Å². The van der Waals surface area contributed by atoms with Crippen molar-refractivity contribution in [2.24, 2.45) is 0 Å². The summed E-state index contributed by atoms with van der Waals surface area (Å²) in [5.41, 5.74) is 3.11. The molecule has 1 saturated heterocycles. The van der Waals surface area contributed by atoms with Crippen molar-refractivity contribution in [2.45, 2.75) is 19.8 Å². The van der Waals surface area contributed by atoms with Crippen LogP contribution >= 0.6 is 0 Å². The van der Waals surface area contributed by atoms with Gasteiger partial charge in [-0.05, 0) is 43.3 Å². The van der Waals surface area contributed by atoms with Crippen LogP contribution in [0.2, 0.25) is 0 Å². The quantitative estimate of drug-likeness (QED) is 0.685. The van der Waals surface area contributed by atoms with E-state index in [1.54, 1.807) is 4.90 Å². The second-order valence-electron chi connectivity index (χ2n) is 7.54. The third kappa shape index (κ3) is 4.96. The van der Waals surface area contributed by atoms with Crippen LogP contribution in [0.25, 0.3) is 11.0 Å². The van der Waals surface area contributed by atoms with Crippen molar-refractivity contribution in [1.82, 2.24) is 14.9 Å². The second kappa shape index (κ2) is 9.07. The highest BCUT2D eigenvalue weighted by atomic mass is 19.1. The van der Waals surface area contributed by atoms with Gasteiger partial charge in [0.1, 0.15) is 5.82 Å². The molecule has 1 aromatic heterocycles. The van der Waals surface area contributed by atoms with E-state index in [0.29, 0.717) is 31.9 Å². The van der Waals surface area contributed by atoms with Gasteiger partial charge in [-0.15, -0.1) is 0 Å². The number of anilines is 2. The van der Waals surface area contributed by atoms with E-state index in [0.717, 1.165) is 22.5 Å². The van der Waals surface area contributed by atoms with Crippen molar-refractivity contribution in [3.63, 3.8) is 0 Å². The number of piperazine rings is 1. The van der Waals surface area contributed by atoms with Crippen LogP contribution in [-0.4, -0.2) is 52.9 Å². The zero-order chi connectivity index (χ0) is 21.8. The van der Waals surface area contributed by atoms with Gasteiger partial charge in [0.05, 0.1) is 16.7 Å². The second-order valence-corrected chi connectivity index (χ2v) is 7.54. The molecule has 0 radical (unpaired) electrons. The summed E-state index contributed by atoms with van der Waals surface area (Å²) in [6.07, 6.45) is 0.230. The van der Waals surface area contributed by atoms with Gasteiger partial charge < -0.3 is 15.1 Å². The van der Waals surface area contributed by atoms with Crippen LogP contribution in [0.3, 0.4) is 0 Å². The maximum Gasteiger partial charge on any atom is 0.224 e. The van der Waals surface area contributed by atoms with E-state index in [4.69, 9.17) is 4.98 Å². The molecule has 3 aromatic rings. The molecule has 7 nitrogen and oxygen atoms in total. The molecule has 31 heavy (non-hydrogen) atoms. The van der Waals surface area contributed by atoms with Crippen LogP contribution in [0.4, 0.5) is 15.9 Å². The molecule has 1 fully saturated rings. The molecular formula is C23H24FN5O2. The monoisotopic (exact) mass is 421 g/mol. The van der Waals surface area contributed by atoms with Crippen molar-refractivity contribution < 1.29 is 14.0 Å². The number of halogens is 1. The molecule has 0 aliphatic carbocycles. The molecule has 1 N–H and O–H groups in total. The number of amides is 2. The third-order valence-corrected chi connectivity index (χ3v) is 5.35. The third-order valence-electron chi connectivity index (χ3n) is 5.35. The number of aromatic nitrogens is 2. The zero-order valence-corrected chi connectivity index (χ0v) is 17.3. The molecular weight excluding hydrogens is 397 g/mol. The number of aryl methyl sites for hydroxylation is 1. The average molecular weight is 421 g/mol. The van der Waals surface area contributed by atoms with Gasteiger partial charge in [0, 0.05) is 44.7 Å². The summed E-state index contributed by atoms with van der Waals surface area (Å²) in [4.78, 5) is 37.9. The maximum absolute atomic E-state index is 12.9. The molecule has 0 unspecified atom stereocenters. The summed E-state index contributed by atoms with van der Waals surface area (Å²) in [5.74, 6) is 0.178. The number of carbonyl (C=O) groups is 2. The molecule has 160 valence electrons. The minimum atomic E-state index is -0.364. The van der Waals surface area contributed by atoms with E-state index in [-0.39, 0.29) is 30.5 Å². The van der Waals surface area contributed by atoms with Gasteiger partial charge in [-0.1, -0.05) is 12.1 Å². The number of nitrogens with one attached hydrogen (secondary N) is 1. The maximum atomic E-state index is 12.9. The Balaban J connectivity index is 1.28. The van der Waals surface area contributed by atoms with E-state index in [1.165, 1.54) is 24.3 Å². The summed E-state index contributed by atoms with van der Waals surface area (Å²) >= 11 is 0. The normalized spacial score (nSPS) is 14.0. The number of hydrogen-bond donors (Lipinski definition) is 1. The largest absolute Gasteiger partial charge is 0.352 e. The fraction of sp³-hybridized carbons (Fsp3) is 0.304. The van der Waals surface area contributed by atoms with Crippen LogP contribution in [-0.2, 0) is 9.59 Å². The highest BCUT2D eigenvalue weighted by molar-refractivity contribution is 5.93. The molecule has 0 bridgehead atoms. The van der Waals surface area contributed by atoms with Gasteiger partial charge in [-0.25, -0.2) is 14.4 Å². The van der Waals surface area contributed by atoms with Crippen LogP contribution in [0, 0.1) is 12.7 Å². The fourth-order valence-corrected chi connectivity index (χ4v) is 3.68. The summed E-state index contributed by atoms with van der Waals surface area (Å²) in [7, 11) is 0. The predicted molar refractivity (Wildman–Crippen MR) is 117 cm³/mol. The number of fused-ring (bicyclic) bond motifs is 1. The average Bonchev–Trinajstić information content (AvgIpc) is 2.78. The minimum Gasteiger partial charge on any atom is -0.352 e. The summed E-state index contributed by atoms with van der Waals surface area (Å²) in [6, 6.07) is 13.3. The Kier molecular flexibility index (Phi) is 6.06. The summed E-state index contributed by atoms with van der Waals surface area (Å²) < 4.78 is 12.9. The van der Waals surface area contributed by atoms with Gasteiger partial charge in [0.25, 0.3) is 0 Å².